The largest absolute Gasteiger partial charge is 0.511 e. The van der Waals surface area contributed by atoms with Crippen molar-refractivity contribution >= 4 is 35.7 Å². The van der Waals surface area contributed by atoms with Crippen molar-refractivity contribution in [3.63, 3.8) is 0 Å². The number of ether oxygens (including phenoxy) is 2. The molecule has 0 radical (unpaired) electrons. The second-order valence-corrected chi connectivity index (χ2v) is 6.68. The Morgan fingerprint density at radius 1 is 0.656 bits per heavy atom. The van der Waals surface area contributed by atoms with E-state index in [0.29, 0.717) is 12.8 Å². The molecule has 0 unspecified atom stereocenters. The lowest BCUT2D eigenvalue weighted by Crippen LogP contribution is -2.18. The van der Waals surface area contributed by atoms with Gasteiger partial charge < -0.3 is 19.7 Å². The van der Waals surface area contributed by atoms with E-state index < -0.39 is 11.9 Å². The maximum Gasteiger partial charge on any atom is 0.343 e. The molecule has 8 heteroatoms. The van der Waals surface area contributed by atoms with Crippen LogP contribution in [-0.4, -0.2) is 47.8 Å². The van der Waals surface area contributed by atoms with Crippen LogP contribution in [0.25, 0.3) is 0 Å². The van der Waals surface area contributed by atoms with Gasteiger partial charge in [0.1, 0.15) is 22.7 Å². The standard InChI is InChI=1S/2C12H11NO3/c2*14-11-6-7-16-12(15)10(11)8-13-9-4-2-1-3-5-9/h2*1-5,8,14H,6-7H2. The van der Waals surface area contributed by atoms with Crippen LogP contribution in [0.1, 0.15) is 12.8 Å². The van der Waals surface area contributed by atoms with Gasteiger partial charge in [0.05, 0.1) is 24.6 Å². The van der Waals surface area contributed by atoms with Crippen LogP contribution < -0.4 is 0 Å². The molecule has 0 amide bonds. The molecule has 8 nitrogen and oxygen atoms in total. The number of nitrogens with zero attached hydrogens (tertiary/aromatic N) is 2. The number of aliphatic hydroxyl groups is 2. The first-order valence-electron chi connectivity index (χ1n) is 9.91. The zero-order valence-corrected chi connectivity index (χ0v) is 17.2. The van der Waals surface area contributed by atoms with Crippen molar-refractivity contribution < 1.29 is 29.3 Å². The van der Waals surface area contributed by atoms with Crippen molar-refractivity contribution in [3.05, 3.63) is 83.3 Å². The van der Waals surface area contributed by atoms with Gasteiger partial charge in [-0.15, -0.1) is 0 Å². The van der Waals surface area contributed by atoms with Gasteiger partial charge in [-0.25, -0.2) is 9.59 Å². The first-order chi connectivity index (χ1) is 15.5. The zero-order valence-electron chi connectivity index (χ0n) is 17.2. The number of hydrogen-bond donors (Lipinski definition) is 2. The number of carbonyl (C=O) groups excluding carboxylic acids is 2. The van der Waals surface area contributed by atoms with Gasteiger partial charge in [-0.2, -0.15) is 0 Å². The number of cyclic esters (lactones) is 2. The lowest BCUT2D eigenvalue weighted by Gasteiger charge is -2.12. The van der Waals surface area contributed by atoms with E-state index in [0.717, 1.165) is 11.4 Å². The molecule has 2 aliphatic rings. The molecule has 0 saturated heterocycles. The quantitative estimate of drug-likeness (QED) is 0.547. The molecule has 2 heterocycles. The van der Waals surface area contributed by atoms with Gasteiger partial charge in [0.2, 0.25) is 0 Å². The van der Waals surface area contributed by atoms with Crippen molar-refractivity contribution in [3.8, 4) is 0 Å². The summed E-state index contributed by atoms with van der Waals surface area (Å²) in [6, 6.07) is 18.4. The number of hydrogen-bond acceptors (Lipinski definition) is 8. The number of rotatable bonds is 4. The molecule has 32 heavy (non-hydrogen) atoms. The average Bonchev–Trinajstić information content (AvgIpc) is 2.80. The lowest BCUT2D eigenvalue weighted by atomic mass is 10.1. The molecule has 2 aliphatic heterocycles. The molecule has 0 atom stereocenters. The number of benzene rings is 2. The number of aliphatic imine (C=N–C) groups is 2. The Kier molecular flexibility index (Phi) is 7.91. The van der Waals surface area contributed by atoms with Crippen LogP contribution in [0.2, 0.25) is 0 Å². The minimum atomic E-state index is -0.525. The van der Waals surface area contributed by atoms with Crippen molar-refractivity contribution in [2.75, 3.05) is 13.2 Å². The van der Waals surface area contributed by atoms with Crippen molar-refractivity contribution in [2.45, 2.75) is 12.8 Å². The van der Waals surface area contributed by atoms with Gasteiger partial charge in [-0.3, -0.25) is 9.98 Å². The van der Waals surface area contributed by atoms with Crippen LogP contribution in [0, 0.1) is 0 Å². The molecule has 0 fully saturated rings. The van der Waals surface area contributed by atoms with E-state index in [9.17, 15) is 19.8 Å². The summed E-state index contributed by atoms with van der Waals surface area (Å²) in [4.78, 5) is 30.8. The van der Waals surface area contributed by atoms with E-state index in [1.54, 1.807) is 0 Å². The maximum absolute atomic E-state index is 11.3. The molecular weight excluding hydrogens is 412 g/mol. The summed E-state index contributed by atoms with van der Waals surface area (Å²) in [7, 11) is 0. The molecule has 164 valence electrons. The molecule has 0 aliphatic carbocycles. The fourth-order valence-electron chi connectivity index (χ4n) is 2.70. The van der Waals surface area contributed by atoms with Gasteiger partial charge in [0, 0.05) is 25.3 Å². The van der Waals surface area contributed by atoms with E-state index in [2.05, 4.69) is 9.98 Å². The van der Waals surface area contributed by atoms with Gasteiger partial charge >= 0.3 is 11.9 Å². The summed E-state index contributed by atoms with van der Waals surface area (Å²) in [5.74, 6) is -0.973. The summed E-state index contributed by atoms with van der Waals surface area (Å²) < 4.78 is 9.60. The molecule has 0 bridgehead atoms. The van der Waals surface area contributed by atoms with Crippen molar-refractivity contribution in [2.24, 2.45) is 9.98 Å². The monoisotopic (exact) mass is 434 g/mol. The topological polar surface area (TPSA) is 118 Å². The van der Waals surface area contributed by atoms with E-state index in [1.165, 1.54) is 12.4 Å². The Morgan fingerprint density at radius 2 is 1.03 bits per heavy atom. The number of esters is 2. The van der Waals surface area contributed by atoms with Gasteiger partial charge in [-0.1, -0.05) is 36.4 Å². The summed E-state index contributed by atoms with van der Waals surface area (Å²) in [5.41, 5.74) is 1.72. The van der Waals surface area contributed by atoms with Crippen LogP contribution in [0.4, 0.5) is 11.4 Å². The van der Waals surface area contributed by atoms with Crippen LogP contribution in [0.3, 0.4) is 0 Å². The zero-order chi connectivity index (χ0) is 22.8. The van der Waals surface area contributed by atoms with Crippen LogP contribution in [0.15, 0.2) is 93.3 Å². The van der Waals surface area contributed by atoms with Gasteiger partial charge in [0.15, 0.2) is 0 Å². The highest BCUT2D eigenvalue weighted by Gasteiger charge is 2.20. The molecule has 0 spiro atoms. The van der Waals surface area contributed by atoms with Crippen LogP contribution >= 0.6 is 0 Å². The van der Waals surface area contributed by atoms with E-state index in [-0.39, 0.29) is 35.9 Å². The van der Waals surface area contributed by atoms with Crippen LogP contribution in [0.5, 0.6) is 0 Å². The Balaban J connectivity index is 0.000000181. The lowest BCUT2D eigenvalue weighted by molar-refractivity contribution is -0.140. The number of carbonyl (C=O) groups is 2. The fourth-order valence-corrected chi connectivity index (χ4v) is 2.70. The highest BCUT2D eigenvalue weighted by molar-refractivity contribution is 6.11. The molecule has 4 rings (SSSR count). The predicted molar refractivity (Wildman–Crippen MR) is 120 cm³/mol. The first-order valence-corrected chi connectivity index (χ1v) is 9.91. The number of para-hydroxylation sites is 2. The normalized spacial score (nSPS) is 16.6. The summed E-state index contributed by atoms with van der Waals surface area (Å²) in [5, 5.41) is 19.0. The molecular formula is C24H22N2O6. The van der Waals surface area contributed by atoms with Crippen molar-refractivity contribution in [1.82, 2.24) is 0 Å². The minimum absolute atomic E-state index is 0.0379. The van der Waals surface area contributed by atoms with E-state index in [1.807, 2.05) is 60.7 Å². The molecule has 0 aromatic heterocycles. The molecule has 2 aromatic carbocycles. The summed E-state index contributed by atoms with van der Waals surface area (Å²) >= 11 is 0. The van der Waals surface area contributed by atoms with E-state index >= 15 is 0 Å². The highest BCUT2D eigenvalue weighted by atomic mass is 16.5. The SMILES string of the molecule is O=C1OCCC(O)=C1C=Nc1ccccc1.O=C1OCCC(O)=C1C=Nc1ccccc1. The third-order valence-corrected chi connectivity index (χ3v) is 4.40. The number of aliphatic hydroxyl groups excluding tert-OH is 2. The predicted octanol–water partition coefficient (Wildman–Crippen LogP) is 4.30. The minimum Gasteiger partial charge on any atom is -0.511 e. The van der Waals surface area contributed by atoms with E-state index in [4.69, 9.17) is 9.47 Å². The second kappa shape index (κ2) is 11.3. The molecule has 2 aromatic rings. The second-order valence-electron chi connectivity index (χ2n) is 6.68. The first kappa shape index (κ1) is 22.5. The third kappa shape index (κ3) is 6.40. The Bertz CT molecular complexity index is 985. The Labute approximate surface area is 184 Å². The van der Waals surface area contributed by atoms with Gasteiger partial charge in [0.25, 0.3) is 0 Å². The fraction of sp³-hybridized carbons (Fsp3) is 0.167. The summed E-state index contributed by atoms with van der Waals surface area (Å²) in [6.07, 6.45) is 3.38. The van der Waals surface area contributed by atoms with Crippen LogP contribution in [-0.2, 0) is 19.1 Å². The summed E-state index contributed by atoms with van der Waals surface area (Å²) in [6.45, 7) is 0.459. The Hall–Kier alpha value is -4.20. The third-order valence-electron chi connectivity index (χ3n) is 4.40. The molecule has 0 saturated carbocycles. The Morgan fingerprint density at radius 3 is 1.38 bits per heavy atom. The average molecular weight is 434 g/mol. The smallest absolute Gasteiger partial charge is 0.343 e. The molecule has 2 N–H and O–H groups in total. The van der Waals surface area contributed by atoms with Crippen molar-refractivity contribution in [1.29, 1.82) is 0 Å². The maximum atomic E-state index is 11.3. The highest BCUT2D eigenvalue weighted by Crippen LogP contribution is 2.16. The van der Waals surface area contributed by atoms with Gasteiger partial charge in [-0.05, 0) is 24.3 Å².